The second-order valence-electron chi connectivity index (χ2n) is 8.24. The van der Waals surface area contributed by atoms with E-state index in [1.165, 1.54) is 25.3 Å². The highest BCUT2D eigenvalue weighted by Gasteiger charge is 2.51. The number of fused-ring (bicyclic) bond motifs is 1. The first kappa shape index (κ1) is 14.3. The minimum atomic E-state index is -0.218. The van der Waals surface area contributed by atoms with Crippen LogP contribution in [0, 0.1) is 17.8 Å². The highest BCUT2D eigenvalue weighted by Crippen LogP contribution is 2.55. The Morgan fingerprint density at radius 1 is 1.04 bits per heavy atom. The van der Waals surface area contributed by atoms with Crippen molar-refractivity contribution in [1.29, 1.82) is 0 Å². The Morgan fingerprint density at radius 3 is 2.33 bits per heavy atom. The highest BCUT2D eigenvalue weighted by molar-refractivity contribution is 6.06. The van der Waals surface area contributed by atoms with Crippen molar-refractivity contribution < 1.29 is 4.79 Å². The maximum absolute atomic E-state index is 13.0. The molecule has 2 aromatic rings. The summed E-state index contributed by atoms with van der Waals surface area (Å²) in [6, 6.07) is 8.97. The van der Waals surface area contributed by atoms with Crippen molar-refractivity contribution in [1.82, 2.24) is 10.3 Å². The number of hydrogen-bond donors (Lipinski definition) is 2. The van der Waals surface area contributed by atoms with E-state index in [4.69, 9.17) is 0 Å². The summed E-state index contributed by atoms with van der Waals surface area (Å²) in [5, 5.41) is 4.19. The summed E-state index contributed by atoms with van der Waals surface area (Å²) in [5.41, 5.74) is 0.977. The van der Waals surface area contributed by atoms with Gasteiger partial charge < -0.3 is 10.3 Å². The molecule has 124 valence electrons. The molecule has 24 heavy (non-hydrogen) atoms. The molecule has 0 aliphatic heterocycles. The van der Waals surface area contributed by atoms with Crippen molar-refractivity contribution in [2.75, 3.05) is 0 Å². The van der Waals surface area contributed by atoms with E-state index in [0.29, 0.717) is 5.56 Å². The van der Waals surface area contributed by atoms with E-state index in [1.807, 2.05) is 24.3 Å². The molecule has 0 spiro atoms. The smallest absolute Gasteiger partial charge is 0.252 e. The fourth-order valence-corrected chi connectivity index (χ4v) is 5.96. The minimum absolute atomic E-state index is 0.0322. The summed E-state index contributed by atoms with van der Waals surface area (Å²) in [6.07, 6.45) is 7.40. The predicted molar refractivity (Wildman–Crippen MR) is 92.9 cm³/mol. The standard InChI is InChI=1S/C20H22N2O2/c23-18-8-16(15-3-1-2-4-17(15)21-18)19(24)22-20-9-12-5-13(10-20)7-14(6-12)11-20/h1-4,8,12-14H,5-7,9-11H2,(H,21,23)(H,22,24). The van der Waals surface area contributed by atoms with E-state index in [1.54, 1.807) is 0 Å². The van der Waals surface area contributed by atoms with Crippen LogP contribution in [-0.2, 0) is 0 Å². The van der Waals surface area contributed by atoms with Crippen LogP contribution in [-0.4, -0.2) is 16.4 Å². The van der Waals surface area contributed by atoms with Gasteiger partial charge in [-0.05, 0) is 62.3 Å². The Hall–Kier alpha value is -2.10. The van der Waals surface area contributed by atoms with Gasteiger partial charge in [-0.25, -0.2) is 0 Å². The van der Waals surface area contributed by atoms with Crippen LogP contribution < -0.4 is 10.9 Å². The number of aromatic amines is 1. The first-order valence-corrected chi connectivity index (χ1v) is 9.05. The topological polar surface area (TPSA) is 62.0 Å². The summed E-state index contributed by atoms with van der Waals surface area (Å²) < 4.78 is 0. The summed E-state index contributed by atoms with van der Waals surface area (Å²) >= 11 is 0. The summed E-state index contributed by atoms with van der Waals surface area (Å²) in [6.45, 7) is 0. The van der Waals surface area contributed by atoms with Crippen LogP contribution in [0.15, 0.2) is 35.1 Å². The third kappa shape index (κ3) is 2.20. The van der Waals surface area contributed by atoms with Gasteiger partial charge in [-0.15, -0.1) is 0 Å². The van der Waals surface area contributed by atoms with E-state index in [0.717, 1.165) is 47.9 Å². The first-order chi connectivity index (χ1) is 11.6. The largest absolute Gasteiger partial charge is 0.347 e. The van der Waals surface area contributed by atoms with E-state index in [9.17, 15) is 9.59 Å². The van der Waals surface area contributed by atoms with E-state index in [-0.39, 0.29) is 17.0 Å². The van der Waals surface area contributed by atoms with Crippen molar-refractivity contribution >= 4 is 16.8 Å². The number of H-pyrrole nitrogens is 1. The molecular weight excluding hydrogens is 300 g/mol. The number of benzene rings is 1. The van der Waals surface area contributed by atoms with E-state index >= 15 is 0 Å². The quantitative estimate of drug-likeness (QED) is 0.892. The second kappa shape index (κ2) is 4.95. The van der Waals surface area contributed by atoms with Crippen molar-refractivity contribution in [3.8, 4) is 0 Å². The lowest BCUT2D eigenvalue weighted by Gasteiger charge is -2.56. The third-order valence-electron chi connectivity index (χ3n) is 6.41. The number of carbonyl (C=O) groups is 1. The van der Waals surface area contributed by atoms with Gasteiger partial charge in [0, 0.05) is 22.5 Å². The molecule has 1 aromatic heterocycles. The average molecular weight is 322 g/mol. The lowest BCUT2D eigenvalue weighted by molar-refractivity contribution is -0.0166. The zero-order chi connectivity index (χ0) is 16.3. The van der Waals surface area contributed by atoms with Gasteiger partial charge in [-0.3, -0.25) is 9.59 Å². The summed E-state index contributed by atoms with van der Waals surface area (Å²) in [4.78, 5) is 27.8. The van der Waals surface area contributed by atoms with Crippen molar-refractivity contribution in [2.45, 2.75) is 44.1 Å². The van der Waals surface area contributed by atoms with Crippen LogP contribution >= 0.6 is 0 Å². The maximum Gasteiger partial charge on any atom is 0.252 e. The van der Waals surface area contributed by atoms with Gasteiger partial charge in [-0.2, -0.15) is 0 Å². The van der Waals surface area contributed by atoms with Crippen LogP contribution in [0.1, 0.15) is 48.9 Å². The number of hydrogen-bond acceptors (Lipinski definition) is 2. The Labute approximate surface area is 140 Å². The number of para-hydroxylation sites is 1. The monoisotopic (exact) mass is 322 g/mol. The Balaban J connectivity index is 1.50. The zero-order valence-corrected chi connectivity index (χ0v) is 13.7. The molecular formula is C20H22N2O2. The lowest BCUT2D eigenvalue weighted by Crippen LogP contribution is -2.59. The average Bonchev–Trinajstić information content (AvgIpc) is 2.52. The fourth-order valence-electron chi connectivity index (χ4n) is 5.96. The molecule has 0 saturated heterocycles. The van der Waals surface area contributed by atoms with Crippen LogP contribution in [0.5, 0.6) is 0 Å². The molecule has 4 heteroatoms. The maximum atomic E-state index is 13.0. The summed E-state index contributed by atoms with van der Waals surface area (Å²) in [7, 11) is 0. The van der Waals surface area contributed by atoms with Crippen molar-refractivity contribution in [3.63, 3.8) is 0 Å². The SMILES string of the molecule is O=C(NC12CC3CC(CC(C3)C1)C2)c1cc(=O)[nH]c2ccccc12. The number of amides is 1. The van der Waals surface area contributed by atoms with Gasteiger partial charge >= 0.3 is 0 Å². The number of pyridine rings is 1. The Morgan fingerprint density at radius 2 is 1.67 bits per heavy atom. The van der Waals surface area contributed by atoms with Crippen molar-refractivity contribution in [2.24, 2.45) is 17.8 Å². The van der Waals surface area contributed by atoms with Crippen molar-refractivity contribution in [3.05, 3.63) is 46.2 Å². The van der Waals surface area contributed by atoms with Gasteiger partial charge in [0.05, 0.1) is 5.56 Å². The predicted octanol–water partition coefficient (Wildman–Crippen LogP) is 3.23. The highest BCUT2D eigenvalue weighted by atomic mass is 16.2. The molecule has 1 aromatic carbocycles. The van der Waals surface area contributed by atoms with E-state index < -0.39 is 0 Å². The van der Waals surface area contributed by atoms with Gasteiger partial charge in [0.25, 0.3) is 5.91 Å². The Bertz CT molecular complexity index is 847. The van der Waals surface area contributed by atoms with Gasteiger partial charge in [0.2, 0.25) is 5.56 Å². The molecule has 0 radical (unpaired) electrons. The molecule has 6 rings (SSSR count). The first-order valence-electron chi connectivity index (χ1n) is 9.05. The van der Waals surface area contributed by atoms with Crippen LogP contribution in [0.25, 0.3) is 10.9 Å². The number of carbonyl (C=O) groups excluding carboxylic acids is 1. The molecule has 4 aliphatic rings. The molecule has 0 unspecified atom stereocenters. The van der Waals surface area contributed by atoms with Gasteiger partial charge in [0.15, 0.2) is 0 Å². The molecule has 4 saturated carbocycles. The zero-order valence-electron chi connectivity index (χ0n) is 13.7. The van der Waals surface area contributed by atoms with Gasteiger partial charge in [-0.1, -0.05) is 18.2 Å². The summed E-state index contributed by atoms with van der Waals surface area (Å²) in [5.74, 6) is 2.27. The molecule has 4 nitrogen and oxygen atoms in total. The molecule has 1 amide bonds. The fraction of sp³-hybridized carbons (Fsp3) is 0.500. The molecule has 2 N–H and O–H groups in total. The third-order valence-corrected chi connectivity index (χ3v) is 6.41. The minimum Gasteiger partial charge on any atom is -0.347 e. The van der Waals surface area contributed by atoms with Crippen LogP contribution in [0.2, 0.25) is 0 Å². The number of rotatable bonds is 2. The Kier molecular flexibility index (Phi) is 2.94. The number of nitrogens with one attached hydrogen (secondary N) is 2. The normalized spacial score (nSPS) is 33.8. The molecule has 0 atom stereocenters. The van der Waals surface area contributed by atoms with Crippen LogP contribution in [0.4, 0.5) is 0 Å². The molecule has 4 fully saturated rings. The van der Waals surface area contributed by atoms with E-state index in [2.05, 4.69) is 10.3 Å². The second-order valence-corrected chi connectivity index (χ2v) is 8.24. The molecule has 4 bridgehead atoms. The molecule has 1 heterocycles. The number of aromatic nitrogens is 1. The molecule has 4 aliphatic carbocycles. The lowest BCUT2D eigenvalue weighted by atomic mass is 9.53. The van der Waals surface area contributed by atoms with Crippen LogP contribution in [0.3, 0.4) is 0 Å². The van der Waals surface area contributed by atoms with Gasteiger partial charge in [0.1, 0.15) is 0 Å².